The zero-order valence-electron chi connectivity index (χ0n) is 17.5. The first kappa shape index (κ1) is 23.6. The molecule has 3 heterocycles. The summed E-state index contributed by atoms with van der Waals surface area (Å²) in [6.45, 7) is 8.51. The van der Waals surface area contributed by atoms with Crippen molar-refractivity contribution in [1.29, 1.82) is 0 Å². The topological polar surface area (TPSA) is 98.2 Å². The number of hydrogen-bond acceptors (Lipinski definition) is 5. The maximum absolute atomic E-state index is 13.8. The fraction of sp³-hybridized carbons (Fsp3) is 0.762. The number of aliphatic carboxylic acids is 1. The van der Waals surface area contributed by atoms with E-state index >= 15 is 0 Å². The molecule has 168 valence electrons. The van der Waals surface area contributed by atoms with Gasteiger partial charge in [0, 0.05) is 35.8 Å². The molecule has 2 bridgehead atoms. The van der Waals surface area contributed by atoms with Gasteiger partial charge in [-0.05, 0) is 39.5 Å². The lowest BCUT2D eigenvalue weighted by Gasteiger charge is -2.39. The number of fused-ring (bicyclic) bond motifs is 1. The summed E-state index contributed by atoms with van der Waals surface area (Å²) in [5.41, 5.74) is 0. The zero-order valence-corrected chi connectivity index (χ0v) is 19.9. The summed E-state index contributed by atoms with van der Waals surface area (Å²) in [7, 11) is 0. The lowest BCUT2D eigenvalue weighted by Crippen LogP contribution is -2.56. The largest absolute Gasteiger partial charge is 0.481 e. The number of aliphatic hydroxyl groups excluding tert-OH is 1. The smallest absolute Gasteiger partial charge is 0.308 e. The van der Waals surface area contributed by atoms with Crippen molar-refractivity contribution in [1.82, 2.24) is 9.80 Å². The highest BCUT2D eigenvalue weighted by Crippen LogP contribution is 2.67. The van der Waals surface area contributed by atoms with E-state index in [1.165, 1.54) is 11.8 Å². The lowest BCUT2D eigenvalue weighted by molar-refractivity contribution is -0.148. The number of alkyl halides is 1. The van der Waals surface area contributed by atoms with Crippen LogP contribution in [0.5, 0.6) is 0 Å². The second-order valence-corrected chi connectivity index (χ2v) is 11.4. The highest BCUT2D eigenvalue weighted by Gasteiger charge is 2.75. The van der Waals surface area contributed by atoms with E-state index in [0.29, 0.717) is 32.4 Å². The van der Waals surface area contributed by atoms with Crippen LogP contribution >= 0.6 is 27.7 Å². The van der Waals surface area contributed by atoms with Crippen molar-refractivity contribution in [3.8, 4) is 0 Å². The van der Waals surface area contributed by atoms with Crippen molar-refractivity contribution in [3.05, 3.63) is 12.7 Å². The maximum Gasteiger partial charge on any atom is 0.308 e. The van der Waals surface area contributed by atoms with Crippen LogP contribution < -0.4 is 0 Å². The molecule has 0 aliphatic carbocycles. The van der Waals surface area contributed by atoms with Gasteiger partial charge in [0.2, 0.25) is 11.8 Å². The molecule has 2 amide bonds. The lowest BCUT2D eigenvalue weighted by atomic mass is 9.71. The number of likely N-dealkylation sites (tertiary alicyclic amines) is 1. The van der Waals surface area contributed by atoms with Crippen molar-refractivity contribution in [2.24, 2.45) is 11.8 Å². The van der Waals surface area contributed by atoms with Crippen LogP contribution in [0.15, 0.2) is 12.7 Å². The third-order valence-corrected chi connectivity index (χ3v) is 9.82. The highest BCUT2D eigenvalue weighted by molar-refractivity contribution is 9.09. The summed E-state index contributed by atoms with van der Waals surface area (Å²) in [5.74, 6) is -2.76. The monoisotopic (exact) mass is 502 g/mol. The molecule has 3 aliphatic rings. The van der Waals surface area contributed by atoms with Crippen molar-refractivity contribution < 1.29 is 24.6 Å². The van der Waals surface area contributed by atoms with Gasteiger partial charge in [0.25, 0.3) is 0 Å². The first-order chi connectivity index (χ1) is 14.2. The Hall–Kier alpha value is -1.06. The Labute approximate surface area is 190 Å². The molecule has 3 rings (SSSR count). The number of halogens is 1. The average Bonchev–Trinajstić information content (AvgIpc) is 3.26. The van der Waals surface area contributed by atoms with E-state index in [4.69, 9.17) is 5.11 Å². The Morgan fingerprint density at radius 2 is 2.10 bits per heavy atom. The average molecular weight is 503 g/mol. The minimum absolute atomic E-state index is 0.0378. The van der Waals surface area contributed by atoms with Gasteiger partial charge < -0.3 is 20.0 Å². The van der Waals surface area contributed by atoms with Gasteiger partial charge in [-0.2, -0.15) is 0 Å². The number of carbonyl (C=O) groups is 3. The van der Waals surface area contributed by atoms with Crippen LogP contribution in [0, 0.1) is 11.8 Å². The Bertz CT molecular complexity index is 720. The van der Waals surface area contributed by atoms with Gasteiger partial charge in [-0.3, -0.25) is 14.4 Å². The molecule has 0 aromatic carbocycles. The van der Waals surface area contributed by atoms with E-state index in [2.05, 4.69) is 22.5 Å². The summed E-state index contributed by atoms with van der Waals surface area (Å²) < 4.78 is -0.721. The predicted molar refractivity (Wildman–Crippen MR) is 120 cm³/mol. The molecule has 3 fully saturated rings. The molecule has 0 saturated carbocycles. The molecule has 30 heavy (non-hydrogen) atoms. The Kier molecular flexibility index (Phi) is 7.24. The SMILES string of the molecule is C=CCN(C(=O)C1N(CCCCCO)C(=O)[C@@H]2[C@H](C(=O)O)[C@H]3SC12CC3Br)C(C)C. The van der Waals surface area contributed by atoms with E-state index in [-0.39, 0.29) is 34.5 Å². The first-order valence-corrected chi connectivity index (χ1v) is 12.4. The van der Waals surface area contributed by atoms with E-state index in [0.717, 1.165) is 6.42 Å². The first-order valence-electron chi connectivity index (χ1n) is 10.6. The van der Waals surface area contributed by atoms with E-state index in [9.17, 15) is 19.5 Å². The summed E-state index contributed by atoms with van der Waals surface area (Å²) >= 11 is 5.16. The standard InChI is InChI=1S/C21H31BrN2O5S/c1-4-8-23(12(2)3)19(27)17-21-11-13(22)16(30-21)14(20(28)29)15(21)18(26)24(17)9-6-5-7-10-25/h4,12-17,25H,1,5-11H2,2-3H3,(H,28,29)/t13?,14-,15-,16-,17?,21?/m0/s1. The van der Waals surface area contributed by atoms with Crippen LogP contribution in [0.25, 0.3) is 0 Å². The van der Waals surface area contributed by atoms with E-state index in [1.807, 2.05) is 13.8 Å². The molecule has 0 aromatic rings. The van der Waals surface area contributed by atoms with Crippen molar-refractivity contribution in [2.75, 3.05) is 19.7 Å². The van der Waals surface area contributed by atoms with Crippen LogP contribution in [0.3, 0.4) is 0 Å². The number of unbranched alkanes of at least 4 members (excludes halogenated alkanes) is 2. The Balaban J connectivity index is 2.00. The van der Waals surface area contributed by atoms with Gasteiger partial charge in [-0.25, -0.2) is 0 Å². The number of rotatable bonds is 10. The molecule has 0 radical (unpaired) electrons. The molecule has 3 aliphatic heterocycles. The molecule has 6 atom stereocenters. The zero-order chi connectivity index (χ0) is 22.2. The number of thioether (sulfide) groups is 1. The number of carboxylic acid groups (broad SMARTS) is 1. The minimum Gasteiger partial charge on any atom is -0.481 e. The predicted octanol–water partition coefficient (Wildman–Crippen LogP) is 2.12. The van der Waals surface area contributed by atoms with Gasteiger partial charge in [-0.1, -0.05) is 22.0 Å². The van der Waals surface area contributed by atoms with Crippen LogP contribution in [0.2, 0.25) is 0 Å². The molecule has 3 saturated heterocycles. The Morgan fingerprint density at radius 1 is 1.40 bits per heavy atom. The number of amides is 2. The Morgan fingerprint density at radius 3 is 2.67 bits per heavy atom. The number of nitrogens with zero attached hydrogens (tertiary/aromatic N) is 2. The molecule has 3 unspecified atom stereocenters. The summed E-state index contributed by atoms with van der Waals surface area (Å²) in [4.78, 5) is 42.8. The maximum atomic E-state index is 13.8. The van der Waals surface area contributed by atoms with Crippen LogP contribution in [-0.2, 0) is 14.4 Å². The van der Waals surface area contributed by atoms with Crippen LogP contribution in [0.1, 0.15) is 39.5 Å². The molecule has 0 aromatic heterocycles. The van der Waals surface area contributed by atoms with Gasteiger partial charge in [0.15, 0.2) is 0 Å². The molecular formula is C21H31BrN2O5S. The number of carboxylic acids is 1. The molecule has 1 spiro atoms. The number of carbonyl (C=O) groups excluding carboxylic acids is 2. The van der Waals surface area contributed by atoms with Gasteiger partial charge in [-0.15, -0.1) is 18.3 Å². The van der Waals surface area contributed by atoms with Gasteiger partial charge in [0.1, 0.15) is 6.04 Å². The third-order valence-electron chi connectivity index (χ3n) is 6.60. The van der Waals surface area contributed by atoms with Crippen LogP contribution in [0.4, 0.5) is 0 Å². The van der Waals surface area contributed by atoms with Crippen molar-refractivity contribution in [3.63, 3.8) is 0 Å². The molecular weight excluding hydrogens is 472 g/mol. The van der Waals surface area contributed by atoms with Crippen LogP contribution in [-0.4, -0.2) is 84.4 Å². The fourth-order valence-corrected chi connectivity index (χ4v) is 8.95. The second-order valence-electron chi connectivity index (χ2n) is 8.69. The minimum atomic E-state index is -0.961. The third kappa shape index (κ3) is 3.71. The number of hydrogen-bond donors (Lipinski definition) is 2. The summed E-state index contributed by atoms with van der Waals surface area (Å²) in [5, 5.41) is 18.8. The summed E-state index contributed by atoms with van der Waals surface area (Å²) in [6.07, 6.45) is 4.35. The van der Waals surface area contributed by atoms with Gasteiger partial charge in [0.05, 0.1) is 16.6 Å². The normalized spacial score (nSPS) is 34.5. The van der Waals surface area contributed by atoms with Crippen molar-refractivity contribution >= 4 is 45.5 Å². The van der Waals surface area contributed by atoms with E-state index in [1.54, 1.807) is 15.9 Å². The van der Waals surface area contributed by atoms with Crippen molar-refractivity contribution in [2.45, 2.75) is 66.4 Å². The van der Waals surface area contributed by atoms with E-state index < -0.39 is 28.6 Å². The molecule has 2 N–H and O–H groups in total. The fourth-order valence-electron chi connectivity index (χ4n) is 5.35. The molecule has 9 heteroatoms. The summed E-state index contributed by atoms with van der Waals surface area (Å²) in [6, 6.07) is -0.734. The quantitative estimate of drug-likeness (QED) is 0.269. The highest BCUT2D eigenvalue weighted by atomic mass is 79.9. The molecule has 7 nitrogen and oxygen atoms in total. The van der Waals surface area contributed by atoms with Gasteiger partial charge >= 0.3 is 5.97 Å². The second kappa shape index (κ2) is 9.20. The number of aliphatic hydroxyl groups is 1.